The van der Waals surface area contributed by atoms with Crippen LogP contribution in [-0.4, -0.2) is 63.1 Å². The highest BCUT2D eigenvalue weighted by Gasteiger charge is 2.52. The van der Waals surface area contributed by atoms with Crippen molar-refractivity contribution in [3.63, 3.8) is 0 Å². The van der Waals surface area contributed by atoms with Crippen LogP contribution in [0.4, 0.5) is 0 Å². The second-order valence-electron chi connectivity index (χ2n) is 8.49. The molecule has 0 bridgehead atoms. The molecule has 3 aliphatic heterocycles. The SMILES string of the molecule is CO[C@H]1CO[C@@H]2[C@H]1OC[C@H]2OC1=CC=C(B2OC(C)(C)C(C)(C)O2)CC1. The van der Waals surface area contributed by atoms with Gasteiger partial charge < -0.3 is 28.3 Å². The topological polar surface area (TPSA) is 55.4 Å². The van der Waals surface area contributed by atoms with Crippen LogP contribution in [0.2, 0.25) is 0 Å². The Bertz CT molecular complexity index is 597. The van der Waals surface area contributed by atoms with E-state index in [-0.39, 0.29) is 42.7 Å². The fraction of sp³-hybridized carbons (Fsp3) is 0.789. The number of hydrogen-bond donors (Lipinski definition) is 0. The van der Waals surface area contributed by atoms with E-state index in [4.69, 9.17) is 28.3 Å². The van der Waals surface area contributed by atoms with Crippen molar-refractivity contribution in [1.82, 2.24) is 0 Å². The Labute approximate surface area is 155 Å². The average molecular weight is 364 g/mol. The summed E-state index contributed by atoms with van der Waals surface area (Å²) in [5, 5.41) is 0. The molecule has 1 aliphatic carbocycles. The van der Waals surface area contributed by atoms with Crippen LogP contribution in [0.3, 0.4) is 0 Å². The molecule has 144 valence electrons. The van der Waals surface area contributed by atoms with E-state index in [0.29, 0.717) is 13.2 Å². The van der Waals surface area contributed by atoms with E-state index >= 15 is 0 Å². The maximum Gasteiger partial charge on any atom is 0.490 e. The highest BCUT2D eigenvalue weighted by molar-refractivity contribution is 6.54. The largest absolute Gasteiger partial charge is 0.490 e. The van der Waals surface area contributed by atoms with Gasteiger partial charge in [-0.3, -0.25) is 0 Å². The third kappa shape index (κ3) is 3.14. The van der Waals surface area contributed by atoms with Crippen molar-refractivity contribution in [2.24, 2.45) is 0 Å². The molecule has 3 saturated heterocycles. The van der Waals surface area contributed by atoms with Gasteiger partial charge in [0.05, 0.1) is 30.2 Å². The van der Waals surface area contributed by atoms with Crippen LogP contribution < -0.4 is 0 Å². The summed E-state index contributed by atoms with van der Waals surface area (Å²) in [6.07, 6.45) is 5.66. The Morgan fingerprint density at radius 2 is 1.54 bits per heavy atom. The third-order valence-electron chi connectivity index (χ3n) is 6.27. The standard InChI is InChI=1S/C19H29BO6/c1-18(2)19(3,4)26-20(25-18)12-6-8-13(9-7-12)24-15-11-23-16-14(21-5)10-22-17(15)16/h6,8,14-17H,7,9-11H2,1-5H3/t14-,15+,16-,17-/m0/s1. The summed E-state index contributed by atoms with van der Waals surface area (Å²) in [6, 6.07) is 0. The van der Waals surface area contributed by atoms with Crippen LogP contribution in [0.15, 0.2) is 23.4 Å². The molecule has 4 rings (SSSR count). The van der Waals surface area contributed by atoms with Crippen LogP contribution in [0.25, 0.3) is 0 Å². The first-order chi connectivity index (χ1) is 12.3. The molecule has 0 aromatic rings. The summed E-state index contributed by atoms with van der Waals surface area (Å²) in [5.41, 5.74) is 0.535. The monoisotopic (exact) mass is 364 g/mol. The molecule has 7 heteroatoms. The van der Waals surface area contributed by atoms with Crippen molar-refractivity contribution in [2.45, 2.75) is 76.2 Å². The summed E-state index contributed by atoms with van der Waals surface area (Å²) in [4.78, 5) is 0. The minimum atomic E-state index is -0.313. The second-order valence-corrected chi connectivity index (χ2v) is 8.49. The van der Waals surface area contributed by atoms with Crippen LogP contribution in [-0.2, 0) is 28.3 Å². The number of hydrogen-bond acceptors (Lipinski definition) is 6. The van der Waals surface area contributed by atoms with Crippen LogP contribution in [0, 0.1) is 0 Å². The number of rotatable bonds is 4. The number of allylic oxidation sites excluding steroid dienone is 4. The summed E-state index contributed by atoms with van der Waals surface area (Å²) in [5.74, 6) is 0.962. The lowest BCUT2D eigenvalue weighted by molar-refractivity contribution is -0.0245. The quantitative estimate of drug-likeness (QED) is 0.715. The van der Waals surface area contributed by atoms with E-state index in [0.717, 1.165) is 24.1 Å². The first-order valence-corrected chi connectivity index (χ1v) is 9.49. The van der Waals surface area contributed by atoms with E-state index in [9.17, 15) is 0 Å². The molecule has 3 heterocycles. The normalized spacial score (nSPS) is 38.1. The Hall–Kier alpha value is -0.855. The van der Waals surface area contributed by atoms with E-state index in [2.05, 4.69) is 33.8 Å². The minimum absolute atomic E-state index is 0.00352. The molecule has 0 saturated carbocycles. The van der Waals surface area contributed by atoms with Crippen molar-refractivity contribution in [3.05, 3.63) is 23.4 Å². The molecule has 0 aromatic carbocycles. The molecule has 4 aliphatic rings. The maximum absolute atomic E-state index is 6.18. The second kappa shape index (κ2) is 6.64. The molecule has 0 unspecified atom stereocenters. The highest BCUT2D eigenvalue weighted by Crippen LogP contribution is 2.40. The number of methoxy groups -OCH3 is 1. The van der Waals surface area contributed by atoms with Gasteiger partial charge in [0.25, 0.3) is 0 Å². The molecular formula is C19H29BO6. The van der Waals surface area contributed by atoms with Crippen molar-refractivity contribution < 1.29 is 28.3 Å². The summed E-state index contributed by atoms with van der Waals surface area (Å²) in [6.45, 7) is 9.41. The van der Waals surface area contributed by atoms with Gasteiger partial charge >= 0.3 is 7.12 Å². The van der Waals surface area contributed by atoms with Crippen LogP contribution >= 0.6 is 0 Å². The van der Waals surface area contributed by atoms with E-state index in [1.165, 1.54) is 0 Å². The predicted molar refractivity (Wildman–Crippen MR) is 96.6 cm³/mol. The van der Waals surface area contributed by atoms with Gasteiger partial charge in [-0.1, -0.05) is 6.08 Å². The smallest absolute Gasteiger partial charge is 0.490 e. The van der Waals surface area contributed by atoms with Crippen LogP contribution in [0.5, 0.6) is 0 Å². The fourth-order valence-electron chi connectivity index (χ4n) is 3.85. The molecule has 0 amide bonds. The third-order valence-corrected chi connectivity index (χ3v) is 6.27. The van der Waals surface area contributed by atoms with Gasteiger partial charge in [-0.05, 0) is 45.7 Å². The lowest BCUT2D eigenvalue weighted by Crippen LogP contribution is -2.41. The van der Waals surface area contributed by atoms with Crippen molar-refractivity contribution in [1.29, 1.82) is 0 Å². The first kappa shape index (κ1) is 18.5. The molecule has 3 fully saturated rings. The van der Waals surface area contributed by atoms with Gasteiger partial charge in [0, 0.05) is 13.5 Å². The zero-order valence-electron chi connectivity index (χ0n) is 16.3. The number of fused-ring (bicyclic) bond motifs is 1. The fourth-order valence-corrected chi connectivity index (χ4v) is 3.85. The summed E-state index contributed by atoms with van der Waals surface area (Å²) in [7, 11) is 1.41. The van der Waals surface area contributed by atoms with Gasteiger partial charge in [-0.2, -0.15) is 0 Å². The van der Waals surface area contributed by atoms with E-state index < -0.39 is 0 Å². The van der Waals surface area contributed by atoms with Gasteiger partial charge in [0.2, 0.25) is 0 Å². The van der Waals surface area contributed by atoms with E-state index in [1.54, 1.807) is 7.11 Å². The molecule has 0 N–H and O–H groups in total. The van der Waals surface area contributed by atoms with Crippen molar-refractivity contribution >= 4 is 7.12 Å². The van der Waals surface area contributed by atoms with Gasteiger partial charge in [-0.15, -0.1) is 0 Å². The molecule has 0 aromatic heterocycles. The van der Waals surface area contributed by atoms with Crippen molar-refractivity contribution in [3.8, 4) is 0 Å². The maximum atomic E-state index is 6.18. The molecule has 4 atom stereocenters. The van der Waals surface area contributed by atoms with Gasteiger partial charge in [0.15, 0.2) is 6.10 Å². The van der Waals surface area contributed by atoms with E-state index in [1.807, 2.05) is 6.08 Å². The van der Waals surface area contributed by atoms with Gasteiger partial charge in [0.1, 0.15) is 18.3 Å². The predicted octanol–water partition coefficient (Wildman–Crippen LogP) is 2.42. The summed E-state index contributed by atoms with van der Waals surface area (Å²) < 4.78 is 35.5. The van der Waals surface area contributed by atoms with Crippen LogP contribution in [0.1, 0.15) is 40.5 Å². The molecule has 26 heavy (non-hydrogen) atoms. The Balaban J connectivity index is 1.38. The summed E-state index contributed by atoms with van der Waals surface area (Å²) >= 11 is 0. The Morgan fingerprint density at radius 3 is 2.12 bits per heavy atom. The molecule has 0 radical (unpaired) electrons. The Morgan fingerprint density at radius 1 is 0.923 bits per heavy atom. The molecular weight excluding hydrogens is 335 g/mol. The lowest BCUT2D eigenvalue weighted by atomic mass is 9.74. The highest BCUT2D eigenvalue weighted by atomic mass is 16.7. The first-order valence-electron chi connectivity index (χ1n) is 9.49. The number of ether oxygens (including phenoxy) is 4. The average Bonchev–Trinajstić information content (AvgIpc) is 3.22. The molecule has 0 spiro atoms. The minimum Gasteiger partial charge on any atom is -0.490 e. The zero-order chi connectivity index (χ0) is 18.5. The Kier molecular flexibility index (Phi) is 4.72. The lowest BCUT2D eigenvalue weighted by Gasteiger charge is -2.32. The molecule has 6 nitrogen and oxygen atoms in total. The van der Waals surface area contributed by atoms with Crippen molar-refractivity contribution in [2.75, 3.05) is 20.3 Å². The van der Waals surface area contributed by atoms with Gasteiger partial charge in [-0.25, -0.2) is 0 Å². The zero-order valence-corrected chi connectivity index (χ0v) is 16.3.